The summed E-state index contributed by atoms with van der Waals surface area (Å²) in [7, 11) is 0. The molecule has 23 heavy (non-hydrogen) atoms. The number of hydrogen-bond acceptors (Lipinski definition) is 1. The Kier molecular flexibility index (Phi) is 3.53. The van der Waals surface area contributed by atoms with Crippen molar-refractivity contribution in [2.24, 2.45) is 0 Å². The van der Waals surface area contributed by atoms with Crippen LogP contribution in [-0.2, 0) is 11.2 Å². The van der Waals surface area contributed by atoms with Gasteiger partial charge in [0.25, 0.3) is 0 Å². The van der Waals surface area contributed by atoms with Gasteiger partial charge < -0.3 is 4.90 Å². The molecule has 1 aliphatic carbocycles. The van der Waals surface area contributed by atoms with E-state index in [9.17, 15) is 4.79 Å². The maximum absolute atomic E-state index is 12.3. The summed E-state index contributed by atoms with van der Waals surface area (Å²) in [6, 6.07) is 15.4. The lowest BCUT2D eigenvalue weighted by molar-refractivity contribution is -0.129. The number of carbonyl (C=O) groups is 1. The van der Waals surface area contributed by atoms with Crippen LogP contribution >= 0.6 is 0 Å². The molecule has 0 spiro atoms. The molecule has 1 unspecified atom stereocenters. The summed E-state index contributed by atoms with van der Waals surface area (Å²) in [6.07, 6.45) is 5.75. The summed E-state index contributed by atoms with van der Waals surface area (Å²) in [5.74, 6) is 0.0582. The molecule has 0 radical (unpaired) electrons. The van der Waals surface area contributed by atoms with E-state index < -0.39 is 0 Å². The monoisotopic (exact) mass is 303 g/mol. The van der Waals surface area contributed by atoms with Crippen LogP contribution in [0.2, 0.25) is 0 Å². The molecule has 0 bridgehead atoms. The van der Waals surface area contributed by atoms with Gasteiger partial charge in [-0.15, -0.1) is 0 Å². The average molecular weight is 303 g/mol. The van der Waals surface area contributed by atoms with Gasteiger partial charge >= 0.3 is 0 Å². The second-order valence-corrected chi connectivity index (χ2v) is 6.45. The van der Waals surface area contributed by atoms with Crippen LogP contribution in [0.1, 0.15) is 42.0 Å². The molecule has 4 rings (SSSR count). The van der Waals surface area contributed by atoms with Crippen LogP contribution in [0.25, 0.3) is 11.1 Å². The number of carbonyl (C=O) groups excluding carboxylic acids is 1. The Bertz CT molecular complexity index is 777. The van der Waals surface area contributed by atoms with Gasteiger partial charge in [-0.2, -0.15) is 0 Å². The molecule has 1 fully saturated rings. The van der Waals surface area contributed by atoms with E-state index in [1.165, 1.54) is 40.3 Å². The summed E-state index contributed by atoms with van der Waals surface area (Å²) in [5, 5.41) is 0. The molecule has 1 atom stereocenters. The van der Waals surface area contributed by atoms with E-state index in [0.717, 1.165) is 25.8 Å². The van der Waals surface area contributed by atoms with E-state index in [-0.39, 0.29) is 11.9 Å². The van der Waals surface area contributed by atoms with Crippen molar-refractivity contribution in [1.82, 2.24) is 4.90 Å². The SMILES string of the molecule is C=CC(=O)N1CCCCC1c1cccc2c1Cc1ccccc1-2. The van der Waals surface area contributed by atoms with Crippen molar-refractivity contribution in [2.45, 2.75) is 31.7 Å². The highest BCUT2D eigenvalue weighted by Gasteiger charge is 2.30. The van der Waals surface area contributed by atoms with Crippen molar-refractivity contribution in [3.63, 3.8) is 0 Å². The highest BCUT2D eigenvalue weighted by molar-refractivity contribution is 5.87. The third kappa shape index (κ3) is 2.29. The molecule has 2 aromatic carbocycles. The summed E-state index contributed by atoms with van der Waals surface area (Å²) in [6.45, 7) is 4.52. The first-order valence-electron chi connectivity index (χ1n) is 8.42. The normalized spacial score (nSPS) is 19.1. The fourth-order valence-corrected chi connectivity index (χ4v) is 4.13. The highest BCUT2D eigenvalue weighted by atomic mass is 16.2. The Morgan fingerprint density at radius 1 is 1.09 bits per heavy atom. The smallest absolute Gasteiger partial charge is 0.246 e. The number of likely N-dealkylation sites (tertiary alicyclic amines) is 1. The summed E-state index contributed by atoms with van der Waals surface area (Å²) in [4.78, 5) is 14.3. The molecule has 2 nitrogen and oxygen atoms in total. The van der Waals surface area contributed by atoms with Crippen molar-refractivity contribution in [3.05, 3.63) is 71.8 Å². The van der Waals surface area contributed by atoms with Gasteiger partial charge in [-0.25, -0.2) is 0 Å². The third-order valence-corrected chi connectivity index (χ3v) is 5.21. The van der Waals surface area contributed by atoms with Crippen LogP contribution in [0.4, 0.5) is 0 Å². The summed E-state index contributed by atoms with van der Waals surface area (Å²) >= 11 is 0. The predicted octanol–water partition coefficient (Wildman–Crippen LogP) is 4.50. The van der Waals surface area contributed by atoms with Gasteiger partial charge in [-0.05, 0) is 59.6 Å². The zero-order valence-corrected chi connectivity index (χ0v) is 13.3. The molecular formula is C21H21NO. The Balaban J connectivity index is 1.79. The van der Waals surface area contributed by atoms with Gasteiger partial charge in [0.15, 0.2) is 0 Å². The molecule has 1 heterocycles. The Labute approximate surface area is 137 Å². The molecule has 0 N–H and O–H groups in total. The van der Waals surface area contributed by atoms with Gasteiger partial charge in [0.05, 0.1) is 6.04 Å². The first-order valence-corrected chi connectivity index (χ1v) is 8.42. The van der Waals surface area contributed by atoms with E-state index in [1.807, 2.05) is 4.90 Å². The Morgan fingerprint density at radius 3 is 2.78 bits per heavy atom. The molecule has 0 aromatic heterocycles. The van der Waals surface area contributed by atoms with Crippen LogP contribution in [0.15, 0.2) is 55.1 Å². The Hall–Kier alpha value is -2.35. The van der Waals surface area contributed by atoms with E-state index in [2.05, 4.69) is 49.0 Å². The van der Waals surface area contributed by atoms with Gasteiger partial charge in [0, 0.05) is 6.54 Å². The number of benzene rings is 2. The van der Waals surface area contributed by atoms with E-state index >= 15 is 0 Å². The van der Waals surface area contributed by atoms with E-state index in [0.29, 0.717) is 0 Å². The molecule has 0 saturated carbocycles. The molecule has 2 heteroatoms. The number of hydrogen-bond donors (Lipinski definition) is 0. The number of amides is 1. The fourth-order valence-electron chi connectivity index (χ4n) is 4.13. The second-order valence-electron chi connectivity index (χ2n) is 6.45. The standard InChI is InChI=1S/C21H21NO/c1-2-21(23)22-13-6-5-12-20(22)18-11-7-10-17-16-9-4-3-8-15(16)14-19(17)18/h2-4,7-11,20H,1,5-6,12-14H2. The molecule has 1 amide bonds. The zero-order valence-electron chi connectivity index (χ0n) is 13.3. The fraction of sp³-hybridized carbons (Fsp3) is 0.286. The van der Waals surface area contributed by atoms with Crippen LogP contribution < -0.4 is 0 Å². The van der Waals surface area contributed by atoms with Gasteiger partial charge in [-0.1, -0.05) is 49.0 Å². The first-order chi connectivity index (χ1) is 11.3. The molecule has 116 valence electrons. The van der Waals surface area contributed by atoms with Crippen molar-refractivity contribution >= 4 is 5.91 Å². The van der Waals surface area contributed by atoms with Crippen LogP contribution in [0.3, 0.4) is 0 Å². The van der Waals surface area contributed by atoms with Crippen molar-refractivity contribution in [2.75, 3.05) is 6.54 Å². The minimum absolute atomic E-state index is 0.0582. The number of piperidine rings is 1. The highest BCUT2D eigenvalue weighted by Crippen LogP contribution is 2.42. The quantitative estimate of drug-likeness (QED) is 0.638. The number of nitrogens with zero attached hydrogens (tertiary/aromatic N) is 1. The van der Waals surface area contributed by atoms with E-state index in [1.54, 1.807) is 0 Å². The van der Waals surface area contributed by atoms with Crippen LogP contribution in [-0.4, -0.2) is 17.4 Å². The van der Waals surface area contributed by atoms with Crippen molar-refractivity contribution in [1.29, 1.82) is 0 Å². The van der Waals surface area contributed by atoms with Crippen LogP contribution in [0.5, 0.6) is 0 Å². The summed E-state index contributed by atoms with van der Waals surface area (Å²) < 4.78 is 0. The maximum atomic E-state index is 12.3. The van der Waals surface area contributed by atoms with Crippen LogP contribution in [0, 0.1) is 0 Å². The average Bonchev–Trinajstić information content (AvgIpc) is 3.00. The third-order valence-electron chi connectivity index (χ3n) is 5.21. The first kappa shape index (κ1) is 14.3. The Morgan fingerprint density at radius 2 is 1.91 bits per heavy atom. The second kappa shape index (κ2) is 5.69. The molecule has 2 aliphatic rings. The summed E-state index contributed by atoms with van der Waals surface area (Å²) in [5.41, 5.74) is 6.82. The topological polar surface area (TPSA) is 20.3 Å². The zero-order chi connectivity index (χ0) is 15.8. The van der Waals surface area contributed by atoms with Crippen molar-refractivity contribution in [3.8, 4) is 11.1 Å². The largest absolute Gasteiger partial charge is 0.332 e. The lowest BCUT2D eigenvalue weighted by Crippen LogP contribution is -2.37. The molecule has 2 aromatic rings. The lowest BCUT2D eigenvalue weighted by Gasteiger charge is -2.36. The lowest BCUT2D eigenvalue weighted by atomic mass is 9.89. The number of fused-ring (bicyclic) bond motifs is 3. The van der Waals surface area contributed by atoms with Crippen molar-refractivity contribution < 1.29 is 4.79 Å². The van der Waals surface area contributed by atoms with E-state index in [4.69, 9.17) is 0 Å². The number of rotatable bonds is 2. The minimum atomic E-state index is 0.0582. The molecular weight excluding hydrogens is 282 g/mol. The molecule has 1 saturated heterocycles. The van der Waals surface area contributed by atoms with Gasteiger partial charge in [0.2, 0.25) is 5.91 Å². The van der Waals surface area contributed by atoms with Gasteiger partial charge in [-0.3, -0.25) is 4.79 Å². The predicted molar refractivity (Wildman–Crippen MR) is 93.2 cm³/mol. The molecule has 1 aliphatic heterocycles. The van der Waals surface area contributed by atoms with Gasteiger partial charge in [0.1, 0.15) is 0 Å². The maximum Gasteiger partial charge on any atom is 0.246 e. The minimum Gasteiger partial charge on any atom is -0.332 e.